The first-order chi connectivity index (χ1) is 6.27. The Labute approximate surface area is 79.0 Å². The minimum absolute atomic E-state index is 0.552. The van der Waals surface area contributed by atoms with E-state index in [1.165, 1.54) is 5.57 Å². The first-order valence-corrected chi connectivity index (χ1v) is 4.66. The van der Waals surface area contributed by atoms with Gasteiger partial charge in [0.05, 0.1) is 0 Å². The maximum absolute atomic E-state index is 4.40. The number of rotatable bonds is 1. The van der Waals surface area contributed by atoms with E-state index in [0.29, 0.717) is 5.92 Å². The van der Waals surface area contributed by atoms with Crippen LogP contribution in [0.1, 0.15) is 13.8 Å². The molecule has 13 heavy (non-hydrogen) atoms. The monoisotopic (exact) mass is 174 g/mol. The van der Waals surface area contributed by atoms with Crippen LogP contribution in [0.4, 0.5) is 0 Å². The molecular weight excluding hydrogens is 160 g/mol. The average Bonchev–Trinajstić information content (AvgIpc) is 2.17. The Morgan fingerprint density at radius 3 is 3.08 bits per heavy atom. The molecule has 0 fully saturated rings. The van der Waals surface area contributed by atoms with E-state index < -0.39 is 0 Å². The summed E-state index contributed by atoms with van der Waals surface area (Å²) in [6, 6.07) is 0. The van der Waals surface area contributed by atoms with Crippen LogP contribution < -0.4 is 0 Å². The molecule has 0 radical (unpaired) electrons. The molecule has 0 bridgehead atoms. The molecule has 0 aromatic heterocycles. The Kier molecular flexibility index (Phi) is 2.05. The van der Waals surface area contributed by atoms with E-state index in [1.807, 2.05) is 12.3 Å². The average molecular weight is 174 g/mol. The van der Waals surface area contributed by atoms with Gasteiger partial charge in [0.2, 0.25) is 0 Å². The van der Waals surface area contributed by atoms with E-state index in [2.05, 4.69) is 42.1 Å². The fraction of sp³-hybridized carbons (Fsp3) is 0.364. The molecule has 0 aromatic rings. The van der Waals surface area contributed by atoms with Crippen molar-refractivity contribution in [2.75, 3.05) is 6.54 Å². The highest BCUT2D eigenvalue weighted by molar-refractivity contribution is 5.81. The number of fused-ring (bicyclic) bond motifs is 1. The van der Waals surface area contributed by atoms with Gasteiger partial charge in [0.1, 0.15) is 5.82 Å². The first-order valence-electron chi connectivity index (χ1n) is 4.66. The molecule has 0 spiro atoms. The predicted molar refractivity (Wildman–Crippen MR) is 55.3 cm³/mol. The summed E-state index contributed by atoms with van der Waals surface area (Å²) >= 11 is 0. The molecule has 2 rings (SSSR count). The SMILES string of the molecule is CC(C)C1=CN2CC=CC=C2N=C1. The van der Waals surface area contributed by atoms with Crippen LogP contribution in [0.15, 0.2) is 40.8 Å². The van der Waals surface area contributed by atoms with Crippen molar-refractivity contribution in [3.8, 4) is 0 Å². The van der Waals surface area contributed by atoms with Gasteiger partial charge in [-0.1, -0.05) is 26.0 Å². The summed E-state index contributed by atoms with van der Waals surface area (Å²) in [6.07, 6.45) is 10.4. The van der Waals surface area contributed by atoms with Gasteiger partial charge in [-0.15, -0.1) is 0 Å². The summed E-state index contributed by atoms with van der Waals surface area (Å²) in [7, 11) is 0. The number of hydrogen-bond acceptors (Lipinski definition) is 2. The lowest BCUT2D eigenvalue weighted by Crippen LogP contribution is -2.22. The summed E-state index contributed by atoms with van der Waals surface area (Å²) in [5.74, 6) is 1.60. The zero-order chi connectivity index (χ0) is 9.26. The zero-order valence-electron chi connectivity index (χ0n) is 8.07. The van der Waals surface area contributed by atoms with Crippen LogP contribution in [-0.2, 0) is 0 Å². The molecule has 0 saturated carbocycles. The van der Waals surface area contributed by atoms with Crippen molar-refractivity contribution in [2.24, 2.45) is 10.9 Å². The van der Waals surface area contributed by atoms with Crippen LogP contribution >= 0.6 is 0 Å². The van der Waals surface area contributed by atoms with E-state index in [-0.39, 0.29) is 0 Å². The molecular formula is C11H14N2. The van der Waals surface area contributed by atoms with E-state index in [4.69, 9.17) is 0 Å². The van der Waals surface area contributed by atoms with Gasteiger partial charge >= 0.3 is 0 Å². The second kappa shape index (κ2) is 3.21. The Morgan fingerprint density at radius 2 is 2.31 bits per heavy atom. The summed E-state index contributed by atoms with van der Waals surface area (Å²) in [5, 5.41) is 0. The van der Waals surface area contributed by atoms with Gasteiger partial charge in [0, 0.05) is 19.0 Å². The molecule has 0 amide bonds. The van der Waals surface area contributed by atoms with Crippen molar-refractivity contribution in [3.05, 3.63) is 35.8 Å². The zero-order valence-corrected chi connectivity index (χ0v) is 8.07. The number of nitrogens with zero attached hydrogens (tertiary/aromatic N) is 2. The molecule has 0 aromatic carbocycles. The molecule has 0 aliphatic carbocycles. The molecule has 0 saturated heterocycles. The summed E-state index contributed by atoms with van der Waals surface area (Å²) in [6.45, 7) is 5.32. The van der Waals surface area contributed by atoms with Gasteiger partial charge in [0.15, 0.2) is 0 Å². The maximum Gasteiger partial charge on any atom is 0.132 e. The highest BCUT2D eigenvalue weighted by atomic mass is 15.2. The summed E-state index contributed by atoms with van der Waals surface area (Å²) in [5.41, 5.74) is 1.30. The van der Waals surface area contributed by atoms with E-state index in [0.717, 1.165) is 12.4 Å². The normalized spacial score (nSPS) is 20.1. The third-order valence-electron chi connectivity index (χ3n) is 2.30. The molecule has 0 N–H and O–H groups in total. The van der Waals surface area contributed by atoms with Gasteiger partial charge < -0.3 is 4.90 Å². The minimum atomic E-state index is 0.552. The van der Waals surface area contributed by atoms with Crippen LogP contribution in [0.3, 0.4) is 0 Å². The standard InChI is InChI=1S/C11H14N2/c1-9(2)10-7-12-11-5-3-4-6-13(11)8-10/h3-5,7-9H,6H2,1-2H3. The summed E-state index contributed by atoms with van der Waals surface area (Å²) in [4.78, 5) is 6.57. The maximum atomic E-state index is 4.40. The second-order valence-electron chi connectivity index (χ2n) is 3.65. The van der Waals surface area contributed by atoms with Crippen LogP contribution in [0.2, 0.25) is 0 Å². The molecule has 2 heterocycles. The largest absolute Gasteiger partial charge is 0.329 e. The number of hydrogen-bond donors (Lipinski definition) is 0. The van der Waals surface area contributed by atoms with Crippen molar-refractivity contribution in [3.63, 3.8) is 0 Å². The Hall–Kier alpha value is -1.31. The van der Waals surface area contributed by atoms with Crippen molar-refractivity contribution < 1.29 is 0 Å². The molecule has 2 heteroatoms. The third-order valence-corrected chi connectivity index (χ3v) is 2.30. The van der Waals surface area contributed by atoms with Gasteiger partial charge in [-0.05, 0) is 17.6 Å². The lowest BCUT2D eigenvalue weighted by atomic mass is 10.0. The van der Waals surface area contributed by atoms with Crippen molar-refractivity contribution in [1.29, 1.82) is 0 Å². The highest BCUT2D eigenvalue weighted by Gasteiger charge is 2.13. The Bertz CT molecular complexity index is 319. The van der Waals surface area contributed by atoms with Crippen molar-refractivity contribution in [2.45, 2.75) is 13.8 Å². The molecule has 2 aliphatic rings. The van der Waals surface area contributed by atoms with Gasteiger partial charge in [-0.25, -0.2) is 4.99 Å². The van der Waals surface area contributed by atoms with E-state index >= 15 is 0 Å². The van der Waals surface area contributed by atoms with Crippen LogP contribution in [0.5, 0.6) is 0 Å². The van der Waals surface area contributed by atoms with Crippen LogP contribution in [0, 0.1) is 5.92 Å². The number of allylic oxidation sites excluding steroid dienone is 3. The van der Waals surface area contributed by atoms with Gasteiger partial charge in [-0.3, -0.25) is 0 Å². The highest BCUT2D eigenvalue weighted by Crippen LogP contribution is 2.20. The van der Waals surface area contributed by atoms with Crippen molar-refractivity contribution in [1.82, 2.24) is 4.90 Å². The molecule has 2 nitrogen and oxygen atoms in total. The smallest absolute Gasteiger partial charge is 0.132 e. The van der Waals surface area contributed by atoms with Crippen molar-refractivity contribution >= 4 is 6.21 Å². The fourth-order valence-corrected chi connectivity index (χ4v) is 1.41. The quantitative estimate of drug-likeness (QED) is 0.595. The fourth-order valence-electron chi connectivity index (χ4n) is 1.41. The lowest BCUT2D eigenvalue weighted by Gasteiger charge is -2.26. The van der Waals surface area contributed by atoms with Crippen LogP contribution in [-0.4, -0.2) is 17.7 Å². The van der Waals surface area contributed by atoms with Crippen LogP contribution in [0.25, 0.3) is 0 Å². The minimum Gasteiger partial charge on any atom is -0.329 e. The molecule has 68 valence electrons. The second-order valence-corrected chi connectivity index (χ2v) is 3.65. The number of aliphatic imine (C=N–C) groups is 1. The molecule has 2 aliphatic heterocycles. The third kappa shape index (κ3) is 1.57. The van der Waals surface area contributed by atoms with E-state index in [9.17, 15) is 0 Å². The summed E-state index contributed by atoms with van der Waals surface area (Å²) < 4.78 is 0. The Balaban J connectivity index is 2.25. The molecule has 0 unspecified atom stereocenters. The van der Waals surface area contributed by atoms with Gasteiger partial charge in [0.25, 0.3) is 0 Å². The Morgan fingerprint density at radius 1 is 1.46 bits per heavy atom. The van der Waals surface area contributed by atoms with Gasteiger partial charge in [-0.2, -0.15) is 0 Å². The van der Waals surface area contributed by atoms with E-state index in [1.54, 1.807) is 0 Å². The lowest BCUT2D eigenvalue weighted by molar-refractivity contribution is 0.491. The first kappa shape index (κ1) is 8.30. The molecule has 0 atom stereocenters. The topological polar surface area (TPSA) is 15.6 Å². The predicted octanol–water partition coefficient (Wildman–Crippen LogP) is 2.32.